The minimum absolute atomic E-state index is 0.0410. The summed E-state index contributed by atoms with van der Waals surface area (Å²) in [5.74, 6) is 0.0620. The Bertz CT molecular complexity index is 1090. The number of thioether (sulfide) groups is 1. The molecule has 1 atom stereocenters. The van der Waals surface area contributed by atoms with Crippen LogP contribution in [0.5, 0.6) is 0 Å². The molecule has 7 heteroatoms. The first-order chi connectivity index (χ1) is 14.6. The fourth-order valence-corrected chi connectivity index (χ4v) is 4.68. The molecule has 2 N–H and O–H groups in total. The Morgan fingerprint density at radius 3 is 2.87 bits per heavy atom. The number of carbonyl (C=O) groups excluding carboxylic acids is 2. The number of amides is 1. The van der Waals surface area contributed by atoms with Gasteiger partial charge in [0, 0.05) is 23.4 Å². The number of para-hydroxylation sites is 1. The van der Waals surface area contributed by atoms with Crippen LogP contribution in [0.15, 0.2) is 69.0 Å². The predicted molar refractivity (Wildman–Crippen MR) is 115 cm³/mol. The minimum atomic E-state index is -0.532. The van der Waals surface area contributed by atoms with Gasteiger partial charge in [-0.2, -0.15) is 5.26 Å². The Morgan fingerprint density at radius 2 is 2.13 bits per heavy atom. The van der Waals surface area contributed by atoms with Crippen LogP contribution in [-0.2, 0) is 9.59 Å². The van der Waals surface area contributed by atoms with E-state index in [1.54, 1.807) is 18.4 Å². The Balaban J connectivity index is 1.58. The molecule has 6 nitrogen and oxygen atoms in total. The number of nitrogens with zero attached hydrogens (tertiary/aromatic N) is 1. The van der Waals surface area contributed by atoms with Gasteiger partial charge in [-0.3, -0.25) is 9.59 Å². The summed E-state index contributed by atoms with van der Waals surface area (Å²) in [5.41, 5.74) is 3.60. The molecule has 0 fully saturated rings. The highest BCUT2D eigenvalue weighted by Gasteiger charge is 2.38. The molecule has 4 rings (SSSR count). The number of furan rings is 1. The van der Waals surface area contributed by atoms with Crippen LogP contribution in [0.3, 0.4) is 0 Å². The van der Waals surface area contributed by atoms with E-state index >= 15 is 0 Å². The van der Waals surface area contributed by atoms with Crippen molar-refractivity contribution in [3.63, 3.8) is 0 Å². The highest BCUT2D eigenvalue weighted by Crippen LogP contribution is 2.44. The monoisotopic (exact) mass is 419 g/mol. The maximum atomic E-state index is 12.7. The van der Waals surface area contributed by atoms with Gasteiger partial charge in [0.15, 0.2) is 5.78 Å². The number of ketones is 1. The largest absolute Gasteiger partial charge is 0.468 e. The van der Waals surface area contributed by atoms with Crippen LogP contribution in [-0.4, -0.2) is 17.4 Å². The summed E-state index contributed by atoms with van der Waals surface area (Å²) >= 11 is 1.27. The van der Waals surface area contributed by atoms with Crippen molar-refractivity contribution in [1.29, 1.82) is 5.26 Å². The van der Waals surface area contributed by atoms with Gasteiger partial charge in [-0.05, 0) is 43.5 Å². The number of allylic oxidation sites excluding steroid dienone is 3. The van der Waals surface area contributed by atoms with Gasteiger partial charge in [0.05, 0.1) is 34.6 Å². The number of aryl methyl sites for hydroxylation is 1. The number of dihydropyridines is 1. The van der Waals surface area contributed by atoms with Crippen molar-refractivity contribution in [2.24, 2.45) is 0 Å². The molecule has 1 aromatic carbocycles. The SMILES string of the molecule is Cc1ccccc1NC(=O)CSC1=C(C#N)C(c2ccco2)C2=C(CCCC2=O)N1. The van der Waals surface area contributed by atoms with Gasteiger partial charge in [-0.15, -0.1) is 0 Å². The van der Waals surface area contributed by atoms with E-state index in [2.05, 4.69) is 16.7 Å². The topological polar surface area (TPSA) is 95.1 Å². The molecule has 2 aliphatic rings. The smallest absolute Gasteiger partial charge is 0.234 e. The Morgan fingerprint density at radius 1 is 1.30 bits per heavy atom. The molecular weight excluding hydrogens is 398 g/mol. The Hall–Kier alpha value is -3.24. The summed E-state index contributed by atoms with van der Waals surface area (Å²) in [7, 11) is 0. The van der Waals surface area contributed by atoms with E-state index in [1.807, 2.05) is 31.2 Å². The second kappa shape index (κ2) is 8.64. The van der Waals surface area contributed by atoms with Crippen LogP contribution in [0.1, 0.15) is 36.5 Å². The average molecular weight is 420 g/mol. The van der Waals surface area contributed by atoms with Crippen LogP contribution in [0.2, 0.25) is 0 Å². The van der Waals surface area contributed by atoms with Crippen LogP contribution in [0.25, 0.3) is 0 Å². The number of rotatable bonds is 5. The van der Waals surface area contributed by atoms with E-state index in [1.165, 1.54) is 11.8 Å². The zero-order chi connectivity index (χ0) is 21.1. The van der Waals surface area contributed by atoms with Crippen molar-refractivity contribution >= 4 is 29.1 Å². The predicted octanol–water partition coefficient (Wildman–Crippen LogP) is 4.39. The van der Waals surface area contributed by atoms with E-state index < -0.39 is 5.92 Å². The van der Waals surface area contributed by atoms with Gasteiger partial charge in [0.2, 0.25) is 5.91 Å². The number of hydrogen-bond acceptors (Lipinski definition) is 6. The summed E-state index contributed by atoms with van der Waals surface area (Å²) in [6.07, 6.45) is 3.51. The van der Waals surface area contributed by atoms with E-state index in [9.17, 15) is 14.9 Å². The lowest BCUT2D eigenvalue weighted by Crippen LogP contribution is -2.31. The molecule has 152 valence electrons. The van der Waals surface area contributed by atoms with Crippen LogP contribution in [0, 0.1) is 18.3 Å². The summed E-state index contributed by atoms with van der Waals surface area (Å²) in [6, 6.07) is 13.4. The second-order valence-electron chi connectivity index (χ2n) is 7.25. The number of anilines is 1. The van der Waals surface area contributed by atoms with Crippen LogP contribution in [0.4, 0.5) is 5.69 Å². The summed E-state index contributed by atoms with van der Waals surface area (Å²) in [5, 5.41) is 16.7. The summed E-state index contributed by atoms with van der Waals surface area (Å²) in [4.78, 5) is 25.2. The van der Waals surface area contributed by atoms with Crippen molar-refractivity contribution < 1.29 is 14.0 Å². The van der Waals surface area contributed by atoms with Gasteiger partial charge in [-0.25, -0.2) is 0 Å². The number of Topliss-reactive ketones (excluding diaryl/α,β-unsaturated/α-hetero) is 1. The van der Waals surface area contributed by atoms with Crippen LogP contribution < -0.4 is 10.6 Å². The molecular formula is C23H21N3O3S. The lowest BCUT2D eigenvalue weighted by molar-refractivity contribution is -0.116. The zero-order valence-electron chi connectivity index (χ0n) is 16.5. The number of carbonyl (C=O) groups is 2. The molecule has 1 aliphatic heterocycles. The molecule has 1 aromatic heterocycles. The quantitative estimate of drug-likeness (QED) is 0.746. The van der Waals surface area contributed by atoms with E-state index in [0.717, 1.165) is 29.8 Å². The molecule has 1 unspecified atom stereocenters. The first kappa shape index (κ1) is 20.0. The van der Waals surface area contributed by atoms with Gasteiger partial charge >= 0.3 is 0 Å². The molecule has 30 heavy (non-hydrogen) atoms. The minimum Gasteiger partial charge on any atom is -0.468 e. The average Bonchev–Trinajstić information content (AvgIpc) is 3.27. The third-order valence-corrected chi connectivity index (χ3v) is 6.27. The highest BCUT2D eigenvalue weighted by atomic mass is 32.2. The number of nitrogens with one attached hydrogen (secondary N) is 2. The summed E-state index contributed by atoms with van der Waals surface area (Å²) in [6.45, 7) is 1.93. The van der Waals surface area contributed by atoms with Crippen LogP contribution >= 0.6 is 11.8 Å². The standard InChI is InChI=1S/C23H21N3O3S/c1-14-6-2-3-7-16(14)25-20(28)13-30-23-15(12-24)21(19-10-5-11-29-19)22-17(26-23)8-4-9-18(22)27/h2-3,5-7,10-11,21,26H,4,8-9,13H2,1H3,(H,25,28). The molecule has 0 saturated carbocycles. The molecule has 0 radical (unpaired) electrons. The molecule has 0 bridgehead atoms. The lowest BCUT2D eigenvalue weighted by Gasteiger charge is -2.32. The van der Waals surface area contributed by atoms with Gasteiger partial charge in [0.25, 0.3) is 0 Å². The van der Waals surface area contributed by atoms with Gasteiger partial charge in [-0.1, -0.05) is 30.0 Å². The molecule has 1 amide bonds. The van der Waals surface area contributed by atoms with Gasteiger partial charge < -0.3 is 15.1 Å². The van der Waals surface area contributed by atoms with Crippen molar-refractivity contribution in [2.75, 3.05) is 11.1 Å². The fourth-order valence-electron chi connectivity index (χ4n) is 3.81. The first-order valence-corrected chi connectivity index (χ1v) is 10.8. The normalized spacial score (nSPS) is 18.5. The Kier molecular flexibility index (Phi) is 5.77. The molecule has 0 spiro atoms. The summed E-state index contributed by atoms with van der Waals surface area (Å²) < 4.78 is 5.58. The van der Waals surface area contributed by atoms with Crippen molar-refractivity contribution in [3.8, 4) is 6.07 Å². The van der Waals surface area contributed by atoms with Crippen molar-refractivity contribution in [1.82, 2.24) is 5.32 Å². The lowest BCUT2D eigenvalue weighted by atomic mass is 9.79. The number of benzene rings is 1. The molecule has 2 heterocycles. The Labute approximate surface area is 179 Å². The molecule has 0 saturated heterocycles. The van der Waals surface area contributed by atoms with Crippen molar-refractivity contribution in [2.45, 2.75) is 32.1 Å². The maximum absolute atomic E-state index is 12.7. The van der Waals surface area contributed by atoms with E-state index in [4.69, 9.17) is 4.42 Å². The van der Waals surface area contributed by atoms with E-state index in [0.29, 0.717) is 28.4 Å². The molecule has 2 aromatic rings. The maximum Gasteiger partial charge on any atom is 0.234 e. The molecule has 1 aliphatic carbocycles. The third kappa shape index (κ3) is 3.91. The van der Waals surface area contributed by atoms with Crippen molar-refractivity contribution in [3.05, 3.63) is 75.9 Å². The number of nitriles is 1. The first-order valence-electron chi connectivity index (χ1n) is 9.77. The fraction of sp³-hybridized carbons (Fsp3) is 0.261. The third-order valence-electron chi connectivity index (χ3n) is 5.26. The number of hydrogen-bond donors (Lipinski definition) is 2. The highest BCUT2D eigenvalue weighted by molar-refractivity contribution is 8.03. The van der Waals surface area contributed by atoms with E-state index in [-0.39, 0.29) is 17.4 Å². The van der Waals surface area contributed by atoms with Gasteiger partial charge in [0.1, 0.15) is 5.76 Å². The second-order valence-corrected chi connectivity index (χ2v) is 8.23. The zero-order valence-corrected chi connectivity index (χ0v) is 17.3.